The fourth-order valence-corrected chi connectivity index (χ4v) is 2.09. The van der Waals surface area contributed by atoms with Crippen molar-refractivity contribution in [1.29, 1.82) is 0 Å². The van der Waals surface area contributed by atoms with E-state index in [9.17, 15) is 4.79 Å². The summed E-state index contributed by atoms with van der Waals surface area (Å²) >= 11 is 4.44. The van der Waals surface area contributed by atoms with Gasteiger partial charge in [0.1, 0.15) is 10.1 Å². The third-order valence-corrected chi connectivity index (χ3v) is 3.18. The second-order valence-electron chi connectivity index (χ2n) is 2.93. The van der Waals surface area contributed by atoms with Gasteiger partial charge in [0, 0.05) is 23.1 Å². The fourth-order valence-electron chi connectivity index (χ4n) is 1.07. The molecule has 0 fully saturated rings. The SMILES string of the molecule is O=C(O)c1nccnc1Sc1ccc(Br)cn1. The molecular formula is C10H6BrN3O2S. The monoisotopic (exact) mass is 311 g/mol. The van der Waals surface area contributed by atoms with Crippen molar-refractivity contribution >= 4 is 33.7 Å². The quantitative estimate of drug-likeness (QED) is 0.938. The lowest BCUT2D eigenvalue weighted by Crippen LogP contribution is -2.03. The molecule has 2 aromatic heterocycles. The Bertz CT molecular complexity index is 548. The number of aromatic nitrogens is 3. The van der Waals surface area contributed by atoms with Crippen LogP contribution in [0.15, 0.2) is 45.2 Å². The fraction of sp³-hybridized carbons (Fsp3) is 0. The lowest BCUT2D eigenvalue weighted by molar-refractivity contribution is 0.0685. The molecule has 86 valence electrons. The third kappa shape index (κ3) is 3.01. The van der Waals surface area contributed by atoms with Gasteiger partial charge in [-0.15, -0.1) is 0 Å². The lowest BCUT2D eigenvalue weighted by Gasteiger charge is -2.02. The minimum Gasteiger partial charge on any atom is -0.476 e. The van der Waals surface area contributed by atoms with Crippen LogP contribution >= 0.6 is 27.7 Å². The number of carboxylic acids is 1. The van der Waals surface area contributed by atoms with E-state index in [0.717, 1.165) is 16.2 Å². The first-order valence-corrected chi connectivity index (χ1v) is 6.11. The van der Waals surface area contributed by atoms with Crippen LogP contribution in [-0.2, 0) is 0 Å². The number of carboxylic acid groups (broad SMARTS) is 1. The maximum atomic E-state index is 10.9. The highest BCUT2D eigenvalue weighted by atomic mass is 79.9. The van der Waals surface area contributed by atoms with Gasteiger partial charge in [-0.3, -0.25) is 0 Å². The number of rotatable bonds is 3. The molecule has 0 aromatic carbocycles. The van der Waals surface area contributed by atoms with E-state index in [4.69, 9.17) is 5.11 Å². The average Bonchev–Trinajstić information content (AvgIpc) is 2.32. The zero-order chi connectivity index (χ0) is 12.3. The van der Waals surface area contributed by atoms with Crippen LogP contribution in [0.1, 0.15) is 10.5 Å². The van der Waals surface area contributed by atoms with E-state index in [-0.39, 0.29) is 5.69 Å². The average molecular weight is 312 g/mol. The molecular weight excluding hydrogens is 306 g/mol. The summed E-state index contributed by atoms with van der Waals surface area (Å²) in [6, 6.07) is 3.60. The van der Waals surface area contributed by atoms with Crippen LogP contribution in [-0.4, -0.2) is 26.0 Å². The van der Waals surface area contributed by atoms with Gasteiger partial charge in [0.2, 0.25) is 0 Å². The first-order valence-electron chi connectivity index (χ1n) is 4.50. The molecule has 0 bridgehead atoms. The maximum Gasteiger partial charge on any atom is 0.357 e. The summed E-state index contributed by atoms with van der Waals surface area (Å²) in [5.74, 6) is -1.10. The van der Waals surface area contributed by atoms with Gasteiger partial charge in [-0.1, -0.05) is 0 Å². The van der Waals surface area contributed by atoms with Gasteiger partial charge in [0.05, 0.1) is 0 Å². The molecule has 17 heavy (non-hydrogen) atoms. The Morgan fingerprint density at radius 3 is 2.65 bits per heavy atom. The van der Waals surface area contributed by atoms with Crippen molar-refractivity contribution in [2.45, 2.75) is 10.1 Å². The normalized spacial score (nSPS) is 10.2. The van der Waals surface area contributed by atoms with Crippen LogP contribution in [0.3, 0.4) is 0 Å². The molecule has 0 radical (unpaired) electrons. The molecule has 0 saturated carbocycles. The summed E-state index contributed by atoms with van der Waals surface area (Å²) in [5, 5.41) is 9.94. The van der Waals surface area contributed by atoms with E-state index in [1.165, 1.54) is 12.4 Å². The van der Waals surface area contributed by atoms with E-state index in [2.05, 4.69) is 30.9 Å². The first-order chi connectivity index (χ1) is 8.16. The number of carbonyl (C=O) groups is 1. The zero-order valence-corrected chi connectivity index (χ0v) is 10.8. The molecule has 0 aliphatic heterocycles. The Morgan fingerprint density at radius 1 is 1.24 bits per heavy atom. The molecule has 5 nitrogen and oxygen atoms in total. The molecule has 0 spiro atoms. The van der Waals surface area contributed by atoms with Gasteiger partial charge in [0.15, 0.2) is 5.69 Å². The second-order valence-corrected chi connectivity index (χ2v) is 4.86. The van der Waals surface area contributed by atoms with Crippen LogP contribution in [0.5, 0.6) is 0 Å². The summed E-state index contributed by atoms with van der Waals surface area (Å²) in [6.07, 6.45) is 4.44. The second kappa shape index (κ2) is 5.24. The van der Waals surface area contributed by atoms with Gasteiger partial charge in [-0.25, -0.2) is 19.7 Å². The highest BCUT2D eigenvalue weighted by molar-refractivity contribution is 9.10. The van der Waals surface area contributed by atoms with E-state index in [0.29, 0.717) is 10.1 Å². The number of aromatic carboxylic acids is 1. The van der Waals surface area contributed by atoms with Gasteiger partial charge in [-0.05, 0) is 39.8 Å². The standard InChI is InChI=1S/C10H6BrN3O2S/c11-6-1-2-7(14-5-6)17-9-8(10(15)16)12-3-4-13-9/h1-5H,(H,15,16). The van der Waals surface area contributed by atoms with Crippen molar-refractivity contribution in [3.05, 3.63) is 40.9 Å². The van der Waals surface area contributed by atoms with Crippen LogP contribution in [0.25, 0.3) is 0 Å². The first kappa shape index (κ1) is 12.0. The lowest BCUT2D eigenvalue weighted by atomic mass is 10.5. The number of nitrogens with zero attached hydrogens (tertiary/aromatic N) is 3. The molecule has 7 heteroatoms. The molecule has 0 atom stereocenters. The van der Waals surface area contributed by atoms with Gasteiger partial charge >= 0.3 is 5.97 Å². The summed E-state index contributed by atoms with van der Waals surface area (Å²) < 4.78 is 0.861. The van der Waals surface area contributed by atoms with Crippen LogP contribution in [0.4, 0.5) is 0 Å². The van der Waals surface area contributed by atoms with Gasteiger partial charge in [-0.2, -0.15) is 0 Å². The van der Waals surface area contributed by atoms with Crippen molar-refractivity contribution in [3.8, 4) is 0 Å². The predicted octanol–water partition coefficient (Wildman–Crippen LogP) is 2.48. The Morgan fingerprint density at radius 2 is 2.00 bits per heavy atom. The number of pyridine rings is 1. The molecule has 0 unspecified atom stereocenters. The highest BCUT2D eigenvalue weighted by Crippen LogP contribution is 2.26. The third-order valence-electron chi connectivity index (χ3n) is 1.77. The maximum absolute atomic E-state index is 10.9. The van der Waals surface area contributed by atoms with Crippen LogP contribution in [0.2, 0.25) is 0 Å². The zero-order valence-electron chi connectivity index (χ0n) is 8.37. The molecule has 2 rings (SSSR count). The van der Waals surface area contributed by atoms with Crippen molar-refractivity contribution in [2.75, 3.05) is 0 Å². The molecule has 0 saturated heterocycles. The van der Waals surface area contributed by atoms with Crippen LogP contribution in [0, 0.1) is 0 Å². The molecule has 2 aromatic rings. The highest BCUT2D eigenvalue weighted by Gasteiger charge is 2.14. The number of hydrogen-bond donors (Lipinski definition) is 1. The molecule has 2 heterocycles. The Balaban J connectivity index is 2.30. The van der Waals surface area contributed by atoms with Crippen LogP contribution < -0.4 is 0 Å². The topological polar surface area (TPSA) is 76.0 Å². The summed E-state index contributed by atoms with van der Waals surface area (Å²) in [4.78, 5) is 22.8. The summed E-state index contributed by atoms with van der Waals surface area (Å²) in [7, 11) is 0. The molecule has 1 N–H and O–H groups in total. The van der Waals surface area contributed by atoms with Crippen molar-refractivity contribution in [3.63, 3.8) is 0 Å². The molecule has 0 amide bonds. The number of hydrogen-bond acceptors (Lipinski definition) is 5. The predicted molar refractivity (Wildman–Crippen MR) is 65.1 cm³/mol. The number of halogens is 1. The van der Waals surface area contributed by atoms with E-state index < -0.39 is 5.97 Å². The van der Waals surface area contributed by atoms with Gasteiger partial charge in [0.25, 0.3) is 0 Å². The van der Waals surface area contributed by atoms with E-state index >= 15 is 0 Å². The Hall–Kier alpha value is -1.47. The summed E-state index contributed by atoms with van der Waals surface area (Å²) in [6.45, 7) is 0. The Labute approximate surface area is 109 Å². The van der Waals surface area contributed by atoms with E-state index in [1.807, 2.05) is 6.07 Å². The van der Waals surface area contributed by atoms with E-state index in [1.54, 1.807) is 12.3 Å². The van der Waals surface area contributed by atoms with Crippen molar-refractivity contribution in [2.24, 2.45) is 0 Å². The minimum absolute atomic E-state index is 0.0674. The molecule has 0 aliphatic carbocycles. The largest absolute Gasteiger partial charge is 0.476 e. The van der Waals surface area contributed by atoms with Crippen molar-refractivity contribution < 1.29 is 9.90 Å². The smallest absolute Gasteiger partial charge is 0.357 e. The minimum atomic E-state index is -1.10. The van der Waals surface area contributed by atoms with Crippen molar-refractivity contribution in [1.82, 2.24) is 15.0 Å². The summed E-state index contributed by atoms with van der Waals surface area (Å²) in [5.41, 5.74) is -0.0674. The Kier molecular flexibility index (Phi) is 3.70. The van der Waals surface area contributed by atoms with Gasteiger partial charge < -0.3 is 5.11 Å². The molecule has 0 aliphatic rings.